The predicted octanol–water partition coefficient (Wildman–Crippen LogP) is 3.81. The highest BCUT2D eigenvalue weighted by Gasteiger charge is 2.22. The third-order valence-electron chi connectivity index (χ3n) is 5.19. The summed E-state index contributed by atoms with van der Waals surface area (Å²) in [5.41, 5.74) is 2.25. The van der Waals surface area contributed by atoms with Crippen LogP contribution in [0.15, 0.2) is 48.5 Å². The van der Waals surface area contributed by atoms with Crippen LogP contribution in [0.2, 0.25) is 0 Å². The minimum atomic E-state index is -0.180. The second-order valence-corrected chi connectivity index (χ2v) is 7.28. The number of nitrogens with one attached hydrogen (secondary N) is 2. The van der Waals surface area contributed by atoms with Gasteiger partial charge in [0.15, 0.2) is 0 Å². The van der Waals surface area contributed by atoms with Crippen LogP contribution < -0.4 is 20.1 Å². The van der Waals surface area contributed by atoms with Crippen molar-refractivity contribution in [2.45, 2.75) is 50.9 Å². The zero-order valence-corrected chi connectivity index (χ0v) is 15.4. The Morgan fingerprint density at radius 2 is 1.81 bits per heavy atom. The fraction of sp³-hybridized carbons (Fsp3) is 0.409. The lowest BCUT2D eigenvalue weighted by molar-refractivity contribution is 0.210. The molecule has 2 N–H and O–H groups in total. The monoisotopic (exact) mass is 366 g/mol. The average molecular weight is 366 g/mol. The summed E-state index contributed by atoms with van der Waals surface area (Å²) >= 11 is 0. The first-order valence-corrected chi connectivity index (χ1v) is 9.78. The highest BCUT2D eigenvalue weighted by molar-refractivity contribution is 5.73. The fourth-order valence-electron chi connectivity index (χ4n) is 3.70. The summed E-state index contributed by atoms with van der Waals surface area (Å²) in [6.07, 6.45) is 6.03. The van der Waals surface area contributed by atoms with Crippen LogP contribution in [-0.4, -0.2) is 24.8 Å². The number of fused-ring (bicyclic) bond motifs is 1. The van der Waals surface area contributed by atoms with E-state index in [0.717, 1.165) is 36.3 Å². The maximum Gasteiger partial charge on any atom is 0.315 e. The molecule has 0 saturated heterocycles. The molecule has 142 valence electrons. The van der Waals surface area contributed by atoms with E-state index >= 15 is 0 Å². The molecule has 4 rings (SSSR count). The lowest BCUT2D eigenvalue weighted by Crippen LogP contribution is -2.40. The third kappa shape index (κ3) is 4.73. The molecule has 5 nitrogen and oxygen atoms in total. The van der Waals surface area contributed by atoms with Crippen molar-refractivity contribution in [1.29, 1.82) is 0 Å². The molecule has 0 bridgehead atoms. The second-order valence-electron chi connectivity index (χ2n) is 7.28. The number of para-hydroxylation sites is 1. The van der Waals surface area contributed by atoms with Crippen LogP contribution in [0.25, 0.3) is 0 Å². The van der Waals surface area contributed by atoms with Crippen molar-refractivity contribution in [3.63, 3.8) is 0 Å². The molecular weight excluding hydrogens is 340 g/mol. The van der Waals surface area contributed by atoms with Crippen molar-refractivity contribution >= 4 is 6.03 Å². The normalized spacial score (nSPS) is 18.6. The molecule has 27 heavy (non-hydrogen) atoms. The van der Waals surface area contributed by atoms with Gasteiger partial charge >= 0.3 is 6.03 Å². The summed E-state index contributed by atoms with van der Waals surface area (Å²) in [7, 11) is 0. The first kappa shape index (κ1) is 17.7. The van der Waals surface area contributed by atoms with E-state index in [1.807, 2.05) is 42.5 Å². The molecule has 1 aliphatic carbocycles. The summed E-state index contributed by atoms with van der Waals surface area (Å²) < 4.78 is 11.8. The van der Waals surface area contributed by atoms with E-state index in [2.05, 4.69) is 16.7 Å². The number of carbonyl (C=O) groups is 1. The molecule has 0 aromatic heterocycles. The number of ether oxygens (including phenoxy) is 2. The standard InChI is InChI=1S/C22H26N2O3/c25-22(24-15-20-13-17-5-1-4-8-21(17)27-20)23-14-16-9-11-19(12-10-16)26-18-6-2-3-7-18/h1,4-5,8-12,18,20H,2-3,6-7,13-15H2,(H2,23,24,25). The molecule has 2 aromatic rings. The van der Waals surface area contributed by atoms with Crippen LogP contribution in [0.1, 0.15) is 36.8 Å². The number of rotatable bonds is 6. The second kappa shape index (κ2) is 8.33. The van der Waals surface area contributed by atoms with Gasteiger partial charge in [0.05, 0.1) is 12.6 Å². The van der Waals surface area contributed by atoms with Crippen molar-refractivity contribution in [2.75, 3.05) is 6.54 Å². The van der Waals surface area contributed by atoms with Gasteiger partial charge in [-0.25, -0.2) is 4.79 Å². The Bertz CT molecular complexity index is 744. The number of benzene rings is 2. The summed E-state index contributed by atoms with van der Waals surface area (Å²) in [5, 5.41) is 5.78. The minimum absolute atomic E-state index is 0.000157. The Morgan fingerprint density at radius 3 is 2.59 bits per heavy atom. The lowest BCUT2D eigenvalue weighted by atomic mass is 10.1. The summed E-state index contributed by atoms with van der Waals surface area (Å²) in [6, 6.07) is 15.8. The minimum Gasteiger partial charge on any atom is -0.490 e. The summed E-state index contributed by atoms with van der Waals surface area (Å²) in [6.45, 7) is 0.982. The molecule has 2 amide bonds. The topological polar surface area (TPSA) is 59.6 Å². The smallest absolute Gasteiger partial charge is 0.315 e. The maximum absolute atomic E-state index is 12.0. The van der Waals surface area contributed by atoms with Gasteiger partial charge in [-0.2, -0.15) is 0 Å². The van der Waals surface area contributed by atoms with E-state index in [4.69, 9.17) is 9.47 Å². The largest absolute Gasteiger partial charge is 0.490 e. The first-order chi connectivity index (χ1) is 13.3. The molecule has 1 fully saturated rings. The highest BCUT2D eigenvalue weighted by atomic mass is 16.5. The van der Waals surface area contributed by atoms with Gasteiger partial charge in [-0.1, -0.05) is 30.3 Å². The van der Waals surface area contributed by atoms with Crippen molar-refractivity contribution < 1.29 is 14.3 Å². The van der Waals surface area contributed by atoms with Crippen molar-refractivity contribution in [3.05, 3.63) is 59.7 Å². The van der Waals surface area contributed by atoms with E-state index in [0.29, 0.717) is 19.2 Å². The van der Waals surface area contributed by atoms with Crippen LogP contribution in [0.5, 0.6) is 11.5 Å². The molecule has 1 unspecified atom stereocenters. The number of amides is 2. The van der Waals surface area contributed by atoms with E-state index in [9.17, 15) is 4.79 Å². The van der Waals surface area contributed by atoms with E-state index < -0.39 is 0 Å². The van der Waals surface area contributed by atoms with Crippen LogP contribution in [0.3, 0.4) is 0 Å². The lowest BCUT2D eigenvalue weighted by Gasteiger charge is -2.14. The van der Waals surface area contributed by atoms with Crippen LogP contribution in [-0.2, 0) is 13.0 Å². The van der Waals surface area contributed by atoms with Gasteiger partial charge in [0.25, 0.3) is 0 Å². The average Bonchev–Trinajstić information content (AvgIpc) is 3.35. The van der Waals surface area contributed by atoms with E-state index in [1.165, 1.54) is 18.4 Å². The number of carbonyl (C=O) groups excluding carboxylic acids is 1. The molecule has 1 atom stereocenters. The maximum atomic E-state index is 12.0. The van der Waals surface area contributed by atoms with Gasteiger partial charge in [-0.05, 0) is 55.0 Å². The Labute approximate surface area is 160 Å². The van der Waals surface area contributed by atoms with Crippen LogP contribution in [0.4, 0.5) is 4.79 Å². The number of urea groups is 1. The van der Waals surface area contributed by atoms with E-state index in [1.54, 1.807) is 0 Å². The fourth-order valence-corrected chi connectivity index (χ4v) is 3.70. The first-order valence-electron chi connectivity index (χ1n) is 9.78. The number of hydrogen-bond donors (Lipinski definition) is 2. The molecule has 1 saturated carbocycles. The quantitative estimate of drug-likeness (QED) is 0.817. The Balaban J connectivity index is 1.17. The Hall–Kier alpha value is -2.69. The van der Waals surface area contributed by atoms with Gasteiger partial charge in [-0.15, -0.1) is 0 Å². The SMILES string of the molecule is O=C(NCc1ccc(OC2CCCC2)cc1)NCC1Cc2ccccc2O1. The predicted molar refractivity (Wildman–Crippen MR) is 104 cm³/mol. The van der Waals surface area contributed by atoms with Gasteiger partial charge in [0, 0.05) is 13.0 Å². The molecule has 1 aliphatic heterocycles. The molecule has 2 aromatic carbocycles. The van der Waals surface area contributed by atoms with Crippen LogP contribution >= 0.6 is 0 Å². The molecule has 2 aliphatic rings. The highest BCUT2D eigenvalue weighted by Crippen LogP contribution is 2.27. The van der Waals surface area contributed by atoms with Crippen LogP contribution in [0, 0.1) is 0 Å². The van der Waals surface area contributed by atoms with Gasteiger partial charge in [-0.3, -0.25) is 0 Å². The summed E-state index contributed by atoms with van der Waals surface area (Å²) in [4.78, 5) is 12.0. The molecule has 5 heteroatoms. The summed E-state index contributed by atoms with van der Waals surface area (Å²) in [5.74, 6) is 1.83. The molecular formula is C22H26N2O3. The van der Waals surface area contributed by atoms with E-state index in [-0.39, 0.29) is 12.1 Å². The van der Waals surface area contributed by atoms with Crippen molar-refractivity contribution in [1.82, 2.24) is 10.6 Å². The van der Waals surface area contributed by atoms with Gasteiger partial charge < -0.3 is 20.1 Å². The molecule has 0 radical (unpaired) electrons. The molecule has 0 spiro atoms. The Morgan fingerprint density at radius 1 is 1.04 bits per heavy atom. The Kier molecular flexibility index (Phi) is 5.47. The van der Waals surface area contributed by atoms with Crippen molar-refractivity contribution in [3.8, 4) is 11.5 Å². The molecule has 1 heterocycles. The number of hydrogen-bond acceptors (Lipinski definition) is 3. The van der Waals surface area contributed by atoms with Gasteiger partial charge in [0.2, 0.25) is 0 Å². The van der Waals surface area contributed by atoms with Gasteiger partial charge in [0.1, 0.15) is 17.6 Å². The van der Waals surface area contributed by atoms with Crippen molar-refractivity contribution in [2.24, 2.45) is 0 Å². The zero-order chi connectivity index (χ0) is 18.5. The third-order valence-corrected chi connectivity index (χ3v) is 5.19. The zero-order valence-electron chi connectivity index (χ0n) is 15.4.